The van der Waals surface area contributed by atoms with Gasteiger partial charge in [-0.3, -0.25) is 0 Å². The highest BCUT2D eigenvalue weighted by Crippen LogP contribution is 2.56. The van der Waals surface area contributed by atoms with Gasteiger partial charge in [0.25, 0.3) is 0 Å². The van der Waals surface area contributed by atoms with E-state index in [0.717, 1.165) is 5.56 Å². The second-order valence-corrected chi connectivity index (χ2v) is 11.3. The van der Waals surface area contributed by atoms with Crippen LogP contribution in [-0.2, 0) is 9.16 Å². The molecule has 1 saturated heterocycles. The molecule has 1 aromatic carbocycles. The molecule has 1 aliphatic carbocycles. The van der Waals surface area contributed by atoms with E-state index in [1.54, 1.807) is 0 Å². The summed E-state index contributed by atoms with van der Waals surface area (Å²) in [5, 5.41) is 8.89. The highest BCUT2D eigenvalue weighted by Gasteiger charge is 2.60. The van der Waals surface area contributed by atoms with Crippen molar-refractivity contribution in [1.82, 2.24) is 0 Å². The van der Waals surface area contributed by atoms with Crippen LogP contribution in [0.2, 0.25) is 19.6 Å². The van der Waals surface area contributed by atoms with Crippen LogP contribution >= 0.6 is 0 Å². The maximum Gasteiger partial charge on any atom is 0.184 e. The van der Waals surface area contributed by atoms with E-state index in [0.29, 0.717) is 18.1 Å². The van der Waals surface area contributed by atoms with Crippen LogP contribution in [0.15, 0.2) is 24.3 Å². The summed E-state index contributed by atoms with van der Waals surface area (Å²) in [5.74, 6) is 0.642. The zero-order valence-corrected chi connectivity index (χ0v) is 13.3. The van der Waals surface area contributed by atoms with Crippen LogP contribution in [0.25, 0.3) is 0 Å². The van der Waals surface area contributed by atoms with Crippen molar-refractivity contribution < 1.29 is 9.16 Å². The Morgan fingerprint density at radius 1 is 1.25 bits per heavy atom. The first kappa shape index (κ1) is 13.8. The van der Waals surface area contributed by atoms with Gasteiger partial charge in [0.2, 0.25) is 0 Å². The van der Waals surface area contributed by atoms with E-state index >= 15 is 0 Å². The van der Waals surface area contributed by atoms with E-state index in [1.807, 2.05) is 24.3 Å². The number of nitriles is 1. The molecule has 0 spiro atoms. The third-order valence-electron chi connectivity index (χ3n) is 4.03. The quantitative estimate of drug-likeness (QED) is 0.794. The van der Waals surface area contributed by atoms with Crippen molar-refractivity contribution in [2.24, 2.45) is 5.92 Å². The van der Waals surface area contributed by atoms with Crippen LogP contribution in [0, 0.1) is 17.2 Å². The fraction of sp³-hybridized carbons (Fsp3) is 0.562. The summed E-state index contributed by atoms with van der Waals surface area (Å²) in [4.78, 5) is 0. The molecule has 1 heterocycles. The summed E-state index contributed by atoms with van der Waals surface area (Å²) >= 11 is 0. The molecular formula is C16H21NO2Si. The molecule has 1 aliphatic heterocycles. The fourth-order valence-corrected chi connectivity index (χ4v) is 4.55. The molecule has 4 heteroatoms. The standard InChI is InChI=1S/C16H21NO2Si/c1-20(2,3)19-16(14-8-9-14)11-18-15(16)13-6-4-12(10-17)5-7-13/h4-7,14-15H,8-9,11H2,1-3H3. The third-order valence-corrected chi connectivity index (χ3v) is 5.02. The van der Waals surface area contributed by atoms with E-state index in [-0.39, 0.29) is 11.7 Å². The summed E-state index contributed by atoms with van der Waals surface area (Å²) < 4.78 is 12.4. The van der Waals surface area contributed by atoms with Crippen molar-refractivity contribution >= 4 is 8.32 Å². The minimum atomic E-state index is -1.61. The molecule has 0 aromatic heterocycles. The summed E-state index contributed by atoms with van der Waals surface area (Å²) in [6.45, 7) is 7.44. The molecule has 3 rings (SSSR count). The molecular weight excluding hydrogens is 266 g/mol. The highest BCUT2D eigenvalue weighted by atomic mass is 28.4. The second kappa shape index (κ2) is 4.69. The average Bonchev–Trinajstić information content (AvgIpc) is 3.19. The smallest absolute Gasteiger partial charge is 0.184 e. The fourth-order valence-electron chi connectivity index (χ4n) is 3.08. The van der Waals surface area contributed by atoms with Crippen molar-refractivity contribution in [3.05, 3.63) is 35.4 Å². The Kier molecular flexibility index (Phi) is 3.24. The zero-order chi connectivity index (χ0) is 14.4. The minimum Gasteiger partial charge on any atom is -0.406 e. The van der Waals surface area contributed by atoms with Gasteiger partial charge < -0.3 is 9.16 Å². The van der Waals surface area contributed by atoms with Crippen LogP contribution in [0.1, 0.15) is 30.1 Å². The molecule has 2 atom stereocenters. The SMILES string of the molecule is C[Si](C)(C)OC1(C2CC2)COC1c1ccc(C#N)cc1. The number of hydrogen-bond acceptors (Lipinski definition) is 3. The van der Waals surface area contributed by atoms with Crippen molar-refractivity contribution in [3.8, 4) is 6.07 Å². The summed E-state index contributed by atoms with van der Waals surface area (Å²) in [6, 6.07) is 9.90. The second-order valence-electron chi connectivity index (χ2n) is 6.87. The van der Waals surface area contributed by atoms with Gasteiger partial charge in [0, 0.05) is 0 Å². The molecule has 20 heavy (non-hydrogen) atoms. The van der Waals surface area contributed by atoms with Crippen LogP contribution < -0.4 is 0 Å². The molecule has 1 saturated carbocycles. The van der Waals surface area contributed by atoms with Gasteiger partial charge >= 0.3 is 0 Å². The molecule has 2 unspecified atom stereocenters. The lowest BCUT2D eigenvalue weighted by Crippen LogP contribution is -2.60. The Labute approximate surface area is 121 Å². The number of nitrogens with zero attached hydrogens (tertiary/aromatic N) is 1. The first-order valence-corrected chi connectivity index (χ1v) is 10.7. The number of benzene rings is 1. The molecule has 3 nitrogen and oxygen atoms in total. The monoisotopic (exact) mass is 287 g/mol. The van der Waals surface area contributed by atoms with E-state index < -0.39 is 8.32 Å². The Hall–Kier alpha value is -1.15. The number of ether oxygens (including phenoxy) is 1. The largest absolute Gasteiger partial charge is 0.406 e. The van der Waals surface area contributed by atoms with Crippen LogP contribution in [0.5, 0.6) is 0 Å². The maximum absolute atomic E-state index is 8.89. The summed E-state index contributed by atoms with van der Waals surface area (Å²) in [5.41, 5.74) is 1.72. The molecule has 2 fully saturated rings. The predicted molar refractivity (Wildman–Crippen MR) is 79.7 cm³/mol. The van der Waals surface area contributed by atoms with Crippen LogP contribution in [0.3, 0.4) is 0 Å². The third kappa shape index (κ3) is 2.42. The van der Waals surface area contributed by atoms with Crippen molar-refractivity contribution in [2.75, 3.05) is 6.61 Å². The van der Waals surface area contributed by atoms with Gasteiger partial charge in [0.05, 0.1) is 18.2 Å². The van der Waals surface area contributed by atoms with E-state index in [4.69, 9.17) is 14.4 Å². The van der Waals surface area contributed by atoms with E-state index in [2.05, 4.69) is 25.7 Å². The van der Waals surface area contributed by atoms with E-state index in [9.17, 15) is 0 Å². The Morgan fingerprint density at radius 2 is 1.90 bits per heavy atom. The Morgan fingerprint density at radius 3 is 2.30 bits per heavy atom. The predicted octanol–water partition coefficient (Wildman–Crippen LogP) is 3.63. The van der Waals surface area contributed by atoms with Crippen molar-refractivity contribution in [3.63, 3.8) is 0 Å². The van der Waals surface area contributed by atoms with E-state index in [1.165, 1.54) is 12.8 Å². The van der Waals surface area contributed by atoms with Gasteiger partial charge in [-0.05, 0) is 56.1 Å². The average molecular weight is 287 g/mol. The molecule has 106 valence electrons. The lowest BCUT2D eigenvalue weighted by atomic mass is 9.82. The first-order chi connectivity index (χ1) is 9.44. The molecule has 2 aliphatic rings. The van der Waals surface area contributed by atoms with Gasteiger partial charge in [0.1, 0.15) is 11.7 Å². The van der Waals surface area contributed by atoms with Gasteiger partial charge in [-0.2, -0.15) is 5.26 Å². The van der Waals surface area contributed by atoms with Crippen LogP contribution in [-0.4, -0.2) is 20.5 Å². The van der Waals surface area contributed by atoms with Gasteiger partial charge in [0.15, 0.2) is 8.32 Å². The molecule has 0 radical (unpaired) electrons. The van der Waals surface area contributed by atoms with Gasteiger partial charge in [-0.15, -0.1) is 0 Å². The number of hydrogen-bond donors (Lipinski definition) is 0. The zero-order valence-electron chi connectivity index (χ0n) is 12.3. The highest BCUT2D eigenvalue weighted by molar-refractivity contribution is 6.69. The summed E-state index contributed by atoms with van der Waals surface area (Å²) in [6.07, 6.45) is 2.54. The molecule has 0 bridgehead atoms. The van der Waals surface area contributed by atoms with Crippen molar-refractivity contribution in [1.29, 1.82) is 5.26 Å². The lowest BCUT2D eigenvalue weighted by molar-refractivity contribution is -0.241. The minimum absolute atomic E-state index is 0.0365. The number of rotatable bonds is 4. The molecule has 1 aromatic rings. The normalized spacial score (nSPS) is 29.6. The lowest BCUT2D eigenvalue weighted by Gasteiger charge is -2.52. The topological polar surface area (TPSA) is 42.2 Å². The van der Waals surface area contributed by atoms with Crippen LogP contribution in [0.4, 0.5) is 0 Å². The van der Waals surface area contributed by atoms with Gasteiger partial charge in [-0.25, -0.2) is 0 Å². The van der Waals surface area contributed by atoms with Crippen molar-refractivity contribution in [2.45, 2.75) is 44.2 Å². The van der Waals surface area contributed by atoms with Gasteiger partial charge in [-0.1, -0.05) is 12.1 Å². The first-order valence-electron chi connectivity index (χ1n) is 7.26. The maximum atomic E-state index is 8.89. The molecule has 0 amide bonds. The summed E-state index contributed by atoms with van der Waals surface area (Å²) in [7, 11) is -1.61. The molecule has 0 N–H and O–H groups in total. The Bertz CT molecular complexity index is 539. The Balaban J connectivity index is 1.86.